The predicted molar refractivity (Wildman–Crippen MR) is 49.4 cm³/mol. The van der Waals surface area contributed by atoms with Gasteiger partial charge in [0.05, 0.1) is 11.4 Å². The number of nitrogens with zero attached hydrogens (tertiary/aromatic N) is 2. The molecule has 0 amide bonds. The molecule has 0 aliphatic heterocycles. The Morgan fingerprint density at radius 1 is 1.17 bits per heavy atom. The van der Waals surface area contributed by atoms with Crippen molar-refractivity contribution < 1.29 is 0 Å². The first kappa shape index (κ1) is 8.02. The minimum atomic E-state index is 0.280. The quantitative estimate of drug-likeness (QED) is 0.644. The van der Waals surface area contributed by atoms with Crippen LogP contribution in [0.25, 0.3) is 6.08 Å². The van der Waals surface area contributed by atoms with Gasteiger partial charge in [-0.25, -0.2) is 9.97 Å². The molecule has 0 spiro atoms. The average Bonchev–Trinajstić information content (AvgIpc) is 2.07. The number of hydrogen-bond donors (Lipinski definition) is 0. The second-order valence-corrected chi connectivity index (χ2v) is 3.29. The first-order chi connectivity index (χ1) is 5.77. The number of rotatable bonds is 0. The zero-order valence-electron chi connectivity index (χ0n) is 6.22. The highest BCUT2D eigenvalue weighted by molar-refractivity contribution is 6.40. The van der Waals surface area contributed by atoms with Gasteiger partial charge in [-0.15, -0.1) is 0 Å². The van der Waals surface area contributed by atoms with Gasteiger partial charge in [0, 0.05) is 0 Å². The molecular weight excluding hydrogens is 195 g/mol. The number of fused-ring (bicyclic) bond motifs is 1. The van der Waals surface area contributed by atoms with E-state index < -0.39 is 0 Å². The molecule has 2 nitrogen and oxygen atoms in total. The zero-order chi connectivity index (χ0) is 8.55. The third-order valence-corrected chi connectivity index (χ3v) is 2.36. The fourth-order valence-electron chi connectivity index (χ4n) is 1.17. The van der Waals surface area contributed by atoms with E-state index in [0.717, 1.165) is 24.2 Å². The summed E-state index contributed by atoms with van der Waals surface area (Å²) in [6.45, 7) is 0. The standard InChI is InChI=1S/C8H6Cl2N2/c9-7-8(10)12-6-4-2-1-3-5(6)11-7/h1,3H,2,4H2. The summed E-state index contributed by atoms with van der Waals surface area (Å²) in [5.41, 5.74) is 1.78. The van der Waals surface area contributed by atoms with Crippen LogP contribution >= 0.6 is 23.2 Å². The van der Waals surface area contributed by atoms with Crippen molar-refractivity contribution >= 4 is 29.3 Å². The lowest BCUT2D eigenvalue weighted by Crippen LogP contribution is -2.01. The molecule has 62 valence electrons. The molecule has 1 aromatic heterocycles. The normalized spacial score (nSPS) is 14.5. The van der Waals surface area contributed by atoms with E-state index in [4.69, 9.17) is 23.2 Å². The molecule has 2 rings (SSSR count). The molecule has 0 aromatic carbocycles. The topological polar surface area (TPSA) is 25.8 Å². The minimum absolute atomic E-state index is 0.280. The van der Waals surface area contributed by atoms with Crippen LogP contribution in [0.15, 0.2) is 6.08 Å². The van der Waals surface area contributed by atoms with Crippen molar-refractivity contribution in [2.45, 2.75) is 12.8 Å². The first-order valence-electron chi connectivity index (χ1n) is 3.66. The monoisotopic (exact) mass is 200 g/mol. The van der Waals surface area contributed by atoms with Gasteiger partial charge in [0.1, 0.15) is 0 Å². The lowest BCUT2D eigenvalue weighted by molar-refractivity contribution is 0.903. The van der Waals surface area contributed by atoms with Gasteiger partial charge in [-0.1, -0.05) is 29.3 Å². The van der Waals surface area contributed by atoms with Crippen molar-refractivity contribution in [3.05, 3.63) is 27.8 Å². The number of aromatic nitrogens is 2. The van der Waals surface area contributed by atoms with E-state index in [2.05, 4.69) is 16.0 Å². The molecule has 0 radical (unpaired) electrons. The van der Waals surface area contributed by atoms with Gasteiger partial charge in [0.15, 0.2) is 10.3 Å². The number of halogens is 2. The maximum atomic E-state index is 5.72. The van der Waals surface area contributed by atoms with Gasteiger partial charge in [-0.05, 0) is 18.9 Å². The van der Waals surface area contributed by atoms with Crippen LogP contribution in [0.5, 0.6) is 0 Å². The van der Waals surface area contributed by atoms with E-state index in [0.29, 0.717) is 5.15 Å². The predicted octanol–water partition coefficient (Wildman–Crippen LogP) is 2.74. The van der Waals surface area contributed by atoms with Crippen LogP contribution in [-0.2, 0) is 6.42 Å². The van der Waals surface area contributed by atoms with Crippen LogP contribution < -0.4 is 0 Å². The molecule has 0 unspecified atom stereocenters. The molecule has 1 aromatic rings. The van der Waals surface area contributed by atoms with Crippen molar-refractivity contribution in [3.63, 3.8) is 0 Å². The molecule has 4 heteroatoms. The largest absolute Gasteiger partial charge is 0.236 e. The minimum Gasteiger partial charge on any atom is -0.236 e. The molecule has 1 heterocycles. The highest BCUT2D eigenvalue weighted by Crippen LogP contribution is 2.22. The summed E-state index contributed by atoms with van der Waals surface area (Å²) in [5.74, 6) is 0. The zero-order valence-corrected chi connectivity index (χ0v) is 7.73. The Bertz CT molecular complexity index is 347. The fraction of sp³-hybridized carbons (Fsp3) is 0.250. The SMILES string of the molecule is Clc1nc2c(nc1Cl)CCC=C2. The number of aryl methyl sites for hydroxylation is 1. The molecule has 12 heavy (non-hydrogen) atoms. The molecule has 1 aliphatic carbocycles. The molecular formula is C8H6Cl2N2. The third kappa shape index (κ3) is 1.32. The Labute approximate surface area is 80.2 Å². The Kier molecular flexibility index (Phi) is 2.03. The van der Waals surface area contributed by atoms with Gasteiger partial charge in [0.25, 0.3) is 0 Å². The highest BCUT2D eigenvalue weighted by Gasteiger charge is 2.10. The van der Waals surface area contributed by atoms with Crippen LogP contribution in [0.4, 0.5) is 0 Å². The third-order valence-electron chi connectivity index (χ3n) is 1.74. The molecule has 0 saturated heterocycles. The van der Waals surface area contributed by atoms with Gasteiger partial charge >= 0.3 is 0 Å². The second-order valence-electron chi connectivity index (χ2n) is 2.58. The van der Waals surface area contributed by atoms with Crippen molar-refractivity contribution in [1.82, 2.24) is 9.97 Å². The van der Waals surface area contributed by atoms with Crippen molar-refractivity contribution in [2.24, 2.45) is 0 Å². The van der Waals surface area contributed by atoms with Crippen molar-refractivity contribution in [2.75, 3.05) is 0 Å². The van der Waals surface area contributed by atoms with Gasteiger partial charge in [-0.3, -0.25) is 0 Å². The lowest BCUT2D eigenvalue weighted by Gasteiger charge is -2.08. The van der Waals surface area contributed by atoms with Gasteiger partial charge in [0.2, 0.25) is 0 Å². The van der Waals surface area contributed by atoms with Crippen molar-refractivity contribution in [1.29, 1.82) is 0 Å². The molecule has 1 aliphatic rings. The summed E-state index contributed by atoms with van der Waals surface area (Å²) >= 11 is 11.4. The van der Waals surface area contributed by atoms with Gasteiger partial charge in [-0.2, -0.15) is 0 Å². The Morgan fingerprint density at radius 3 is 2.75 bits per heavy atom. The Balaban J connectivity index is 2.58. The summed E-state index contributed by atoms with van der Waals surface area (Å²) in [6.07, 6.45) is 5.88. The van der Waals surface area contributed by atoms with Crippen LogP contribution in [-0.4, -0.2) is 9.97 Å². The lowest BCUT2D eigenvalue weighted by atomic mass is 10.1. The summed E-state index contributed by atoms with van der Waals surface area (Å²) in [5, 5.41) is 0.577. The smallest absolute Gasteiger partial charge is 0.167 e. The summed E-state index contributed by atoms with van der Waals surface area (Å²) in [6, 6.07) is 0. The van der Waals surface area contributed by atoms with E-state index in [1.165, 1.54) is 0 Å². The van der Waals surface area contributed by atoms with E-state index >= 15 is 0 Å². The van der Waals surface area contributed by atoms with E-state index in [1.54, 1.807) is 0 Å². The molecule has 0 atom stereocenters. The molecule has 0 fully saturated rings. The average molecular weight is 201 g/mol. The number of hydrogen-bond acceptors (Lipinski definition) is 2. The van der Waals surface area contributed by atoms with Crippen LogP contribution in [0.3, 0.4) is 0 Å². The maximum absolute atomic E-state index is 5.72. The molecule has 0 saturated carbocycles. The fourth-order valence-corrected chi connectivity index (χ4v) is 1.45. The molecule has 0 bridgehead atoms. The highest BCUT2D eigenvalue weighted by atomic mass is 35.5. The first-order valence-corrected chi connectivity index (χ1v) is 4.41. The van der Waals surface area contributed by atoms with E-state index in [-0.39, 0.29) is 5.15 Å². The summed E-state index contributed by atoms with van der Waals surface area (Å²) in [4.78, 5) is 8.23. The maximum Gasteiger partial charge on any atom is 0.167 e. The van der Waals surface area contributed by atoms with Crippen molar-refractivity contribution in [3.8, 4) is 0 Å². The van der Waals surface area contributed by atoms with E-state index in [1.807, 2.05) is 6.08 Å². The van der Waals surface area contributed by atoms with Crippen LogP contribution in [0.1, 0.15) is 17.8 Å². The molecule has 0 N–H and O–H groups in total. The van der Waals surface area contributed by atoms with E-state index in [9.17, 15) is 0 Å². The summed E-state index contributed by atoms with van der Waals surface area (Å²) < 4.78 is 0. The van der Waals surface area contributed by atoms with Crippen LogP contribution in [0.2, 0.25) is 10.3 Å². The summed E-state index contributed by atoms with van der Waals surface area (Å²) in [7, 11) is 0. The Hall–Kier alpha value is -0.600. The van der Waals surface area contributed by atoms with Gasteiger partial charge < -0.3 is 0 Å². The number of allylic oxidation sites excluding steroid dienone is 1. The second kappa shape index (κ2) is 3.04. The van der Waals surface area contributed by atoms with Crippen LogP contribution in [0, 0.1) is 0 Å². The Morgan fingerprint density at radius 2 is 1.92 bits per heavy atom.